The number of ether oxygens (including phenoxy) is 1. The van der Waals surface area contributed by atoms with Crippen molar-refractivity contribution in [1.82, 2.24) is 15.1 Å². The average molecular weight is 503 g/mol. The van der Waals surface area contributed by atoms with Crippen LogP contribution in [0.2, 0.25) is 0 Å². The monoisotopic (exact) mass is 502 g/mol. The lowest BCUT2D eigenvalue weighted by molar-refractivity contribution is -0.122. The molecular formula is C24H31BrN4O3. The molecule has 0 spiro atoms. The number of rotatable bonds is 8. The van der Waals surface area contributed by atoms with E-state index in [1.54, 1.807) is 6.20 Å². The predicted octanol–water partition coefficient (Wildman–Crippen LogP) is 3.68. The predicted molar refractivity (Wildman–Crippen MR) is 128 cm³/mol. The van der Waals surface area contributed by atoms with E-state index in [9.17, 15) is 9.59 Å². The SMILES string of the molecule is C[C@@H]1[C@H]2C[C@@H](C[C@H]1Nc1cnn(CC(=O)NCCOc3ccccc3)c(=O)c1Br)C2(C)C. The topological polar surface area (TPSA) is 85.2 Å². The van der Waals surface area contributed by atoms with Gasteiger partial charge in [-0.15, -0.1) is 0 Å². The third-order valence-electron chi connectivity index (χ3n) is 7.41. The second-order valence-corrected chi connectivity index (χ2v) is 10.3. The highest BCUT2D eigenvalue weighted by Gasteiger charge is 2.56. The van der Waals surface area contributed by atoms with Gasteiger partial charge < -0.3 is 15.4 Å². The number of nitrogens with zero attached hydrogens (tertiary/aromatic N) is 2. The number of halogens is 1. The van der Waals surface area contributed by atoms with Crippen molar-refractivity contribution in [2.75, 3.05) is 18.5 Å². The molecule has 2 aromatic rings. The van der Waals surface area contributed by atoms with Crippen LogP contribution in [0, 0.1) is 23.2 Å². The van der Waals surface area contributed by atoms with Gasteiger partial charge in [0.25, 0.3) is 5.56 Å². The largest absolute Gasteiger partial charge is 0.492 e. The molecule has 7 nitrogen and oxygen atoms in total. The van der Waals surface area contributed by atoms with E-state index in [0.29, 0.717) is 46.6 Å². The molecule has 3 aliphatic carbocycles. The summed E-state index contributed by atoms with van der Waals surface area (Å²) in [5.41, 5.74) is 0.786. The van der Waals surface area contributed by atoms with Gasteiger partial charge in [0.15, 0.2) is 0 Å². The Labute approximate surface area is 197 Å². The second-order valence-electron chi connectivity index (χ2n) is 9.55. The average Bonchev–Trinajstić information content (AvgIpc) is 2.78. The second kappa shape index (κ2) is 9.25. The smallest absolute Gasteiger partial charge is 0.283 e. The first kappa shape index (κ1) is 22.8. The molecule has 3 aliphatic rings. The highest BCUT2D eigenvalue weighted by Crippen LogP contribution is 2.61. The van der Waals surface area contributed by atoms with Gasteiger partial charge in [0.2, 0.25) is 5.91 Å². The summed E-state index contributed by atoms with van der Waals surface area (Å²) in [6, 6.07) is 9.74. The van der Waals surface area contributed by atoms with Crippen molar-refractivity contribution in [2.45, 2.75) is 46.2 Å². The van der Waals surface area contributed by atoms with E-state index in [1.165, 1.54) is 11.1 Å². The number of benzene rings is 1. The van der Waals surface area contributed by atoms with Crippen molar-refractivity contribution in [3.8, 4) is 5.75 Å². The molecule has 3 saturated carbocycles. The molecule has 0 radical (unpaired) electrons. The summed E-state index contributed by atoms with van der Waals surface area (Å²) in [5, 5.41) is 10.5. The fourth-order valence-corrected chi connectivity index (χ4v) is 5.71. The van der Waals surface area contributed by atoms with Gasteiger partial charge in [-0.3, -0.25) is 9.59 Å². The number of hydrogen-bond acceptors (Lipinski definition) is 5. The lowest BCUT2D eigenvalue weighted by Crippen LogP contribution is -2.58. The minimum Gasteiger partial charge on any atom is -0.492 e. The molecule has 172 valence electrons. The van der Waals surface area contributed by atoms with Crippen molar-refractivity contribution >= 4 is 27.5 Å². The van der Waals surface area contributed by atoms with E-state index >= 15 is 0 Å². The summed E-state index contributed by atoms with van der Waals surface area (Å²) in [6.45, 7) is 7.60. The first-order chi connectivity index (χ1) is 15.3. The van der Waals surface area contributed by atoms with Gasteiger partial charge in [-0.25, -0.2) is 4.68 Å². The molecule has 2 N–H and O–H groups in total. The molecule has 3 fully saturated rings. The van der Waals surface area contributed by atoms with Crippen LogP contribution < -0.4 is 20.9 Å². The van der Waals surface area contributed by atoms with E-state index < -0.39 is 0 Å². The first-order valence-corrected chi connectivity index (χ1v) is 12.0. The Balaban J connectivity index is 1.30. The van der Waals surface area contributed by atoms with Crippen LogP contribution in [0.3, 0.4) is 0 Å². The Morgan fingerprint density at radius 2 is 2.03 bits per heavy atom. The highest BCUT2D eigenvalue weighted by atomic mass is 79.9. The number of carbonyl (C=O) groups is 1. The maximum atomic E-state index is 12.7. The molecule has 1 aromatic heterocycles. The van der Waals surface area contributed by atoms with Crippen LogP contribution in [-0.4, -0.2) is 34.9 Å². The Hall–Kier alpha value is -2.35. The zero-order valence-corrected chi connectivity index (χ0v) is 20.4. The summed E-state index contributed by atoms with van der Waals surface area (Å²) in [4.78, 5) is 25.0. The minimum absolute atomic E-state index is 0.138. The van der Waals surface area contributed by atoms with E-state index in [1.807, 2.05) is 30.3 Å². The van der Waals surface area contributed by atoms with Crippen LogP contribution in [0.25, 0.3) is 0 Å². The Morgan fingerprint density at radius 1 is 1.28 bits per heavy atom. The zero-order valence-electron chi connectivity index (χ0n) is 18.8. The third-order valence-corrected chi connectivity index (χ3v) is 8.18. The number of carbonyl (C=O) groups excluding carboxylic acids is 1. The summed E-state index contributed by atoms with van der Waals surface area (Å²) < 4.78 is 7.14. The van der Waals surface area contributed by atoms with E-state index in [-0.39, 0.29) is 18.0 Å². The Morgan fingerprint density at radius 3 is 2.72 bits per heavy atom. The third kappa shape index (κ3) is 4.56. The number of hydrogen-bond donors (Lipinski definition) is 2. The number of anilines is 1. The minimum atomic E-state index is -0.320. The number of aromatic nitrogens is 2. The van der Waals surface area contributed by atoms with Crippen molar-refractivity contribution in [1.29, 1.82) is 0 Å². The van der Waals surface area contributed by atoms with Crippen LogP contribution in [0.1, 0.15) is 33.6 Å². The summed E-state index contributed by atoms with van der Waals surface area (Å²) >= 11 is 3.42. The van der Waals surface area contributed by atoms with Gasteiger partial charge in [0.05, 0.1) is 18.4 Å². The molecule has 2 bridgehead atoms. The number of para-hydroxylation sites is 1. The number of fused-ring (bicyclic) bond motifs is 2. The molecule has 0 saturated heterocycles. The Kier molecular flexibility index (Phi) is 6.60. The summed E-state index contributed by atoms with van der Waals surface area (Å²) in [7, 11) is 0. The molecule has 8 heteroatoms. The molecule has 1 heterocycles. The highest BCUT2D eigenvalue weighted by molar-refractivity contribution is 9.10. The van der Waals surface area contributed by atoms with Crippen molar-refractivity contribution in [3.05, 3.63) is 51.4 Å². The molecule has 32 heavy (non-hydrogen) atoms. The molecular weight excluding hydrogens is 472 g/mol. The maximum absolute atomic E-state index is 12.7. The van der Waals surface area contributed by atoms with Crippen LogP contribution in [0.4, 0.5) is 5.69 Å². The van der Waals surface area contributed by atoms with Crippen LogP contribution >= 0.6 is 15.9 Å². The zero-order chi connectivity index (χ0) is 22.9. The molecule has 1 aromatic carbocycles. The van der Waals surface area contributed by atoms with Crippen LogP contribution in [0.15, 0.2) is 45.8 Å². The van der Waals surface area contributed by atoms with Gasteiger partial charge in [-0.2, -0.15) is 5.10 Å². The normalized spacial score (nSPS) is 25.5. The van der Waals surface area contributed by atoms with Crippen molar-refractivity contribution < 1.29 is 9.53 Å². The Bertz CT molecular complexity index is 1020. The quantitative estimate of drug-likeness (QED) is 0.537. The van der Waals surface area contributed by atoms with Gasteiger partial charge in [0, 0.05) is 6.04 Å². The molecule has 5 rings (SSSR count). The van der Waals surface area contributed by atoms with E-state index in [2.05, 4.69) is 52.4 Å². The summed E-state index contributed by atoms with van der Waals surface area (Å²) in [6.07, 6.45) is 4.04. The van der Waals surface area contributed by atoms with E-state index in [0.717, 1.165) is 18.1 Å². The van der Waals surface area contributed by atoms with Gasteiger partial charge in [-0.05, 0) is 64.1 Å². The molecule has 0 aliphatic heterocycles. The first-order valence-electron chi connectivity index (χ1n) is 11.2. The fraction of sp³-hybridized carbons (Fsp3) is 0.542. The van der Waals surface area contributed by atoms with Gasteiger partial charge >= 0.3 is 0 Å². The standard InChI is InChI=1S/C24H31BrN4O3/c1-15-18-11-16(24(18,2)3)12-19(15)28-20-13-27-29(23(31)22(20)25)14-21(30)26-9-10-32-17-7-5-4-6-8-17/h4-8,13,15-16,18-19,28H,9-12,14H2,1-3H3,(H,26,30)/t15-,16+,18-,19-/m1/s1. The van der Waals surface area contributed by atoms with Crippen molar-refractivity contribution in [2.24, 2.45) is 23.2 Å². The van der Waals surface area contributed by atoms with E-state index in [4.69, 9.17) is 4.74 Å². The van der Waals surface area contributed by atoms with Crippen LogP contribution in [0.5, 0.6) is 5.75 Å². The molecule has 1 amide bonds. The molecule has 0 unspecified atom stereocenters. The molecule has 4 atom stereocenters. The van der Waals surface area contributed by atoms with Crippen LogP contribution in [-0.2, 0) is 11.3 Å². The van der Waals surface area contributed by atoms with Crippen molar-refractivity contribution in [3.63, 3.8) is 0 Å². The number of nitrogens with one attached hydrogen (secondary N) is 2. The lowest BCUT2D eigenvalue weighted by atomic mass is 9.45. The maximum Gasteiger partial charge on any atom is 0.283 e. The van der Waals surface area contributed by atoms with Gasteiger partial charge in [0.1, 0.15) is 23.4 Å². The number of amides is 1. The lowest BCUT2D eigenvalue weighted by Gasteiger charge is -2.62. The van der Waals surface area contributed by atoms with Gasteiger partial charge in [-0.1, -0.05) is 39.0 Å². The summed E-state index contributed by atoms with van der Waals surface area (Å²) in [5.74, 6) is 2.43. The fourth-order valence-electron chi connectivity index (χ4n) is 5.29.